The molecule has 2 heterocycles. The SMILES string of the molecule is CN1CCN(c2ccccc2CSc2nc3ccc(C(F)(F)F)cc3[nH]2)CC1. The first-order valence-electron chi connectivity index (χ1n) is 9.11. The van der Waals surface area contributed by atoms with E-state index in [2.05, 4.69) is 38.9 Å². The maximum atomic E-state index is 12.9. The van der Waals surface area contributed by atoms with Crippen molar-refractivity contribution in [1.29, 1.82) is 0 Å². The third-order valence-corrected chi connectivity index (χ3v) is 5.91. The average molecular weight is 406 g/mol. The Kier molecular flexibility index (Phi) is 5.25. The van der Waals surface area contributed by atoms with Gasteiger partial charge in [-0.1, -0.05) is 30.0 Å². The molecule has 0 amide bonds. The lowest BCUT2D eigenvalue weighted by Crippen LogP contribution is -2.44. The summed E-state index contributed by atoms with van der Waals surface area (Å²) in [5, 5.41) is 0.627. The zero-order valence-corrected chi connectivity index (χ0v) is 16.3. The van der Waals surface area contributed by atoms with Gasteiger partial charge in [0, 0.05) is 37.6 Å². The van der Waals surface area contributed by atoms with Crippen LogP contribution in [0.5, 0.6) is 0 Å². The molecule has 0 atom stereocenters. The highest BCUT2D eigenvalue weighted by Crippen LogP contribution is 2.33. The summed E-state index contributed by atoms with van der Waals surface area (Å²) in [6, 6.07) is 11.9. The van der Waals surface area contributed by atoms with Crippen molar-refractivity contribution in [2.45, 2.75) is 17.1 Å². The summed E-state index contributed by atoms with van der Waals surface area (Å²) in [4.78, 5) is 12.1. The van der Waals surface area contributed by atoms with E-state index in [0.29, 0.717) is 21.9 Å². The number of para-hydroxylation sites is 1. The predicted octanol–water partition coefficient (Wildman–Crippen LogP) is 4.63. The first-order chi connectivity index (χ1) is 13.4. The van der Waals surface area contributed by atoms with Crippen molar-refractivity contribution in [3.63, 3.8) is 0 Å². The molecule has 148 valence electrons. The summed E-state index contributed by atoms with van der Waals surface area (Å²) in [6.07, 6.45) is -4.35. The highest BCUT2D eigenvalue weighted by Gasteiger charge is 2.30. The number of thioether (sulfide) groups is 1. The average Bonchev–Trinajstić information content (AvgIpc) is 3.09. The summed E-state index contributed by atoms with van der Waals surface area (Å²) >= 11 is 1.51. The monoisotopic (exact) mass is 406 g/mol. The van der Waals surface area contributed by atoms with Gasteiger partial charge in [0.05, 0.1) is 16.6 Å². The van der Waals surface area contributed by atoms with Crippen molar-refractivity contribution < 1.29 is 13.2 Å². The summed E-state index contributed by atoms with van der Waals surface area (Å²) < 4.78 is 38.7. The number of aromatic nitrogens is 2. The number of nitrogens with zero attached hydrogens (tertiary/aromatic N) is 3. The summed E-state index contributed by atoms with van der Waals surface area (Å²) in [6.45, 7) is 4.05. The van der Waals surface area contributed by atoms with Gasteiger partial charge in [0.15, 0.2) is 5.16 Å². The fourth-order valence-corrected chi connectivity index (χ4v) is 4.25. The minimum atomic E-state index is -4.35. The molecule has 1 aromatic heterocycles. The number of imidazole rings is 1. The molecule has 1 fully saturated rings. The molecular formula is C20H21F3N4S. The fourth-order valence-electron chi connectivity index (χ4n) is 3.37. The Morgan fingerprint density at radius 2 is 1.82 bits per heavy atom. The molecule has 28 heavy (non-hydrogen) atoms. The van der Waals surface area contributed by atoms with Gasteiger partial charge in [-0.25, -0.2) is 4.98 Å². The number of nitrogens with one attached hydrogen (secondary N) is 1. The number of benzene rings is 2. The molecule has 0 saturated carbocycles. The van der Waals surface area contributed by atoms with Crippen LogP contribution in [0.2, 0.25) is 0 Å². The molecule has 3 aromatic rings. The van der Waals surface area contributed by atoms with Crippen molar-refractivity contribution in [1.82, 2.24) is 14.9 Å². The second-order valence-electron chi connectivity index (χ2n) is 6.98. The predicted molar refractivity (Wildman–Crippen MR) is 107 cm³/mol. The molecule has 1 aliphatic rings. The van der Waals surface area contributed by atoms with Crippen molar-refractivity contribution in [2.24, 2.45) is 0 Å². The van der Waals surface area contributed by atoms with E-state index in [1.807, 2.05) is 12.1 Å². The highest BCUT2D eigenvalue weighted by molar-refractivity contribution is 7.98. The lowest BCUT2D eigenvalue weighted by Gasteiger charge is -2.35. The molecule has 1 N–H and O–H groups in total. The first-order valence-corrected chi connectivity index (χ1v) is 10.1. The molecule has 0 radical (unpaired) electrons. The Balaban J connectivity index is 1.50. The highest BCUT2D eigenvalue weighted by atomic mass is 32.2. The molecule has 0 spiro atoms. The third kappa shape index (κ3) is 4.12. The molecule has 0 bridgehead atoms. The van der Waals surface area contributed by atoms with E-state index in [1.165, 1.54) is 29.1 Å². The molecule has 4 rings (SSSR count). The van der Waals surface area contributed by atoms with E-state index in [0.717, 1.165) is 38.3 Å². The minimum absolute atomic E-state index is 0.407. The minimum Gasteiger partial charge on any atom is -0.369 e. The van der Waals surface area contributed by atoms with Crippen LogP contribution in [0, 0.1) is 0 Å². The number of piperazine rings is 1. The van der Waals surface area contributed by atoms with Gasteiger partial charge in [-0.3, -0.25) is 0 Å². The van der Waals surface area contributed by atoms with Gasteiger partial charge >= 0.3 is 6.18 Å². The van der Waals surface area contributed by atoms with E-state index in [-0.39, 0.29) is 0 Å². The van der Waals surface area contributed by atoms with E-state index in [1.54, 1.807) is 0 Å². The molecule has 0 aliphatic carbocycles. The normalized spacial score (nSPS) is 16.1. The van der Waals surface area contributed by atoms with Crippen molar-refractivity contribution in [3.8, 4) is 0 Å². The second-order valence-corrected chi connectivity index (χ2v) is 7.94. The number of hydrogen-bond donors (Lipinski definition) is 1. The maximum absolute atomic E-state index is 12.9. The standard InChI is InChI=1S/C20H21F3N4S/c1-26-8-10-27(11-9-26)18-5-3-2-4-14(18)13-28-19-24-16-7-6-15(20(21,22)23)12-17(16)25-19/h2-7,12H,8-11,13H2,1H3,(H,24,25). The van der Waals surface area contributed by atoms with Gasteiger partial charge in [-0.05, 0) is 36.9 Å². The van der Waals surface area contributed by atoms with Crippen LogP contribution >= 0.6 is 11.8 Å². The number of alkyl halides is 3. The lowest BCUT2D eigenvalue weighted by atomic mass is 10.1. The number of H-pyrrole nitrogens is 1. The van der Waals surface area contributed by atoms with Crippen molar-refractivity contribution in [2.75, 3.05) is 38.1 Å². The van der Waals surface area contributed by atoms with Crippen molar-refractivity contribution >= 4 is 28.5 Å². The number of hydrogen-bond acceptors (Lipinski definition) is 4. The zero-order chi connectivity index (χ0) is 19.7. The van der Waals surface area contributed by atoms with Crippen LogP contribution in [0.1, 0.15) is 11.1 Å². The Morgan fingerprint density at radius 3 is 2.57 bits per heavy atom. The smallest absolute Gasteiger partial charge is 0.369 e. The first kappa shape index (κ1) is 19.1. The number of halogens is 3. The Bertz CT molecular complexity index is 961. The summed E-state index contributed by atoms with van der Waals surface area (Å²) in [5.41, 5.74) is 2.71. The third-order valence-electron chi connectivity index (χ3n) is 4.99. The number of aromatic amines is 1. The number of likely N-dealkylation sites (N-methyl/N-ethyl adjacent to an activating group) is 1. The maximum Gasteiger partial charge on any atom is 0.416 e. The molecule has 0 unspecified atom stereocenters. The molecular weight excluding hydrogens is 385 g/mol. The van der Waals surface area contributed by atoms with Crippen LogP contribution in [-0.2, 0) is 11.9 Å². The number of fused-ring (bicyclic) bond motifs is 1. The molecule has 4 nitrogen and oxygen atoms in total. The van der Waals surface area contributed by atoms with E-state index >= 15 is 0 Å². The van der Waals surface area contributed by atoms with Gasteiger partial charge in [0.25, 0.3) is 0 Å². The van der Waals surface area contributed by atoms with Crippen LogP contribution in [0.25, 0.3) is 11.0 Å². The van der Waals surface area contributed by atoms with E-state index in [9.17, 15) is 13.2 Å². The van der Waals surface area contributed by atoms with Gasteiger partial charge in [0.2, 0.25) is 0 Å². The fraction of sp³-hybridized carbons (Fsp3) is 0.350. The van der Waals surface area contributed by atoms with Gasteiger partial charge in [-0.15, -0.1) is 0 Å². The topological polar surface area (TPSA) is 35.2 Å². The van der Waals surface area contributed by atoms with Crippen LogP contribution in [0.15, 0.2) is 47.6 Å². The Labute approximate surface area is 165 Å². The van der Waals surface area contributed by atoms with Crippen molar-refractivity contribution in [3.05, 3.63) is 53.6 Å². The zero-order valence-electron chi connectivity index (χ0n) is 15.5. The van der Waals surface area contributed by atoms with E-state index < -0.39 is 11.7 Å². The van der Waals surface area contributed by atoms with Gasteiger partial charge in [0.1, 0.15) is 0 Å². The largest absolute Gasteiger partial charge is 0.416 e. The van der Waals surface area contributed by atoms with E-state index in [4.69, 9.17) is 0 Å². The molecule has 1 aliphatic heterocycles. The molecule has 1 saturated heterocycles. The summed E-state index contributed by atoms with van der Waals surface area (Å²) in [7, 11) is 2.13. The van der Waals surface area contributed by atoms with Crippen LogP contribution < -0.4 is 4.90 Å². The van der Waals surface area contributed by atoms with Crippen LogP contribution in [0.4, 0.5) is 18.9 Å². The molecule has 8 heteroatoms. The second kappa shape index (κ2) is 7.67. The number of rotatable bonds is 4. The van der Waals surface area contributed by atoms with Crippen LogP contribution in [0.3, 0.4) is 0 Å². The Hall–Kier alpha value is -2.19. The van der Waals surface area contributed by atoms with Gasteiger partial charge < -0.3 is 14.8 Å². The quantitative estimate of drug-likeness (QED) is 0.641. The Morgan fingerprint density at radius 1 is 1.07 bits per heavy atom. The van der Waals surface area contributed by atoms with Gasteiger partial charge in [-0.2, -0.15) is 13.2 Å². The number of anilines is 1. The molecule has 2 aromatic carbocycles. The van der Waals surface area contributed by atoms with Crippen LogP contribution in [-0.4, -0.2) is 48.1 Å². The lowest BCUT2D eigenvalue weighted by molar-refractivity contribution is -0.137. The summed E-state index contributed by atoms with van der Waals surface area (Å²) in [5.74, 6) is 0.703.